The summed E-state index contributed by atoms with van der Waals surface area (Å²) in [5, 5.41) is 6.04. The maximum atomic E-state index is 12.4. The van der Waals surface area contributed by atoms with Crippen molar-refractivity contribution in [1.29, 1.82) is 0 Å². The van der Waals surface area contributed by atoms with Gasteiger partial charge in [-0.25, -0.2) is 9.97 Å². The molecule has 0 fully saturated rings. The van der Waals surface area contributed by atoms with E-state index in [1.165, 1.54) is 5.56 Å². The fourth-order valence-electron chi connectivity index (χ4n) is 2.51. The first kappa shape index (κ1) is 17.5. The molecule has 1 amide bonds. The highest BCUT2D eigenvalue weighted by atomic mass is 16.1. The van der Waals surface area contributed by atoms with E-state index >= 15 is 0 Å². The largest absolute Gasteiger partial charge is 0.345 e. The Morgan fingerprint density at radius 1 is 1.04 bits per heavy atom. The number of amides is 1. The van der Waals surface area contributed by atoms with Crippen LogP contribution >= 0.6 is 0 Å². The molecule has 0 unspecified atom stereocenters. The monoisotopic (exact) mass is 347 g/mol. The van der Waals surface area contributed by atoms with Gasteiger partial charge in [-0.1, -0.05) is 18.2 Å². The molecule has 2 aromatic heterocycles. The van der Waals surface area contributed by atoms with E-state index in [1.807, 2.05) is 57.2 Å². The first-order valence-electron chi connectivity index (χ1n) is 8.40. The Balaban J connectivity index is 1.76. The van der Waals surface area contributed by atoms with Gasteiger partial charge < -0.3 is 10.6 Å². The standard InChI is InChI=1S/C20H21N5O/c1-13-7-6-9-17(15(13)3)24-20-23-14(2)11-18(25-20)19(26)22-12-16-8-4-5-10-21-16/h4-11H,12H2,1-3H3,(H,22,26)(H,23,24,25). The van der Waals surface area contributed by atoms with E-state index in [9.17, 15) is 4.79 Å². The molecule has 2 N–H and O–H groups in total. The lowest BCUT2D eigenvalue weighted by Gasteiger charge is -2.12. The number of aryl methyl sites for hydroxylation is 2. The van der Waals surface area contributed by atoms with Crippen LogP contribution in [0, 0.1) is 20.8 Å². The van der Waals surface area contributed by atoms with Gasteiger partial charge in [0.25, 0.3) is 5.91 Å². The van der Waals surface area contributed by atoms with E-state index in [-0.39, 0.29) is 5.91 Å². The summed E-state index contributed by atoms with van der Waals surface area (Å²) in [5.74, 6) is 0.145. The van der Waals surface area contributed by atoms with Gasteiger partial charge in [-0.15, -0.1) is 0 Å². The number of carbonyl (C=O) groups excluding carboxylic acids is 1. The van der Waals surface area contributed by atoms with Gasteiger partial charge in [0.15, 0.2) is 0 Å². The zero-order valence-corrected chi connectivity index (χ0v) is 15.1. The van der Waals surface area contributed by atoms with E-state index < -0.39 is 0 Å². The van der Waals surface area contributed by atoms with Crippen LogP contribution in [0.3, 0.4) is 0 Å². The minimum atomic E-state index is -0.259. The zero-order valence-electron chi connectivity index (χ0n) is 15.1. The molecule has 1 aromatic carbocycles. The summed E-state index contributed by atoms with van der Waals surface area (Å²) < 4.78 is 0. The summed E-state index contributed by atoms with van der Waals surface area (Å²) in [5.41, 5.74) is 5.06. The van der Waals surface area contributed by atoms with Gasteiger partial charge in [0.2, 0.25) is 5.95 Å². The first-order valence-corrected chi connectivity index (χ1v) is 8.40. The van der Waals surface area contributed by atoms with Crippen LogP contribution in [0.1, 0.15) is 33.0 Å². The van der Waals surface area contributed by atoms with Crippen molar-refractivity contribution in [3.63, 3.8) is 0 Å². The molecule has 132 valence electrons. The average Bonchev–Trinajstić information content (AvgIpc) is 2.64. The van der Waals surface area contributed by atoms with Crippen LogP contribution < -0.4 is 10.6 Å². The van der Waals surface area contributed by atoms with Gasteiger partial charge in [0, 0.05) is 17.6 Å². The molecule has 0 aliphatic rings. The Morgan fingerprint density at radius 2 is 1.88 bits per heavy atom. The predicted octanol–water partition coefficient (Wildman–Crippen LogP) is 3.47. The number of benzene rings is 1. The highest BCUT2D eigenvalue weighted by molar-refractivity contribution is 5.92. The predicted molar refractivity (Wildman–Crippen MR) is 101 cm³/mol. The summed E-state index contributed by atoms with van der Waals surface area (Å²) in [6.07, 6.45) is 1.70. The number of hydrogen-bond donors (Lipinski definition) is 2. The third kappa shape index (κ3) is 4.22. The van der Waals surface area contributed by atoms with E-state index in [2.05, 4.69) is 25.6 Å². The molecule has 0 spiro atoms. The highest BCUT2D eigenvalue weighted by Crippen LogP contribution is 2.21. The summed E-state index contributed by atoms with van der Waals surface area (Å²) in [7, 11) is 0. The van der Waals surface area contributed by atoms with Crippen LogP contribution in [0.4, 0.5) is 11.6 Å². The van der Waals surface area contributed by atoms with E-state index in [0.29, 0.717) is 18.2 Å². The van der Waals surface area contributed by atoms with Crippen molar-refractivity contribution in [2.45, 2.75) is 27.3 Å². The normalized spacial score (nSPS) is 10.4. The summed E-state index contributed by atoms with van der Waals surface area (Å²) in [6, 6.07) is 13.2. The van der Waals surface area contributed by atoms with Crippen molar-refractivity contribution in [1.82, 2.24) is 20.3 Å². The molecular formula is C20H21N5O. The van der Waals surface area contributed by atoms with Crippen molar-refractivity contribution in [3.8, 4) is 0 Å². The Kier molecular flexibility index (Phi) is 5.22. The van der Waals surface area contributed by atoms with Gasteiger partial charge >= 0.3 is 0 Å². The van der Waals surface area contributed by atoms with Crippen LogP contribution in [-0.2, 0) is 6.54 Å². The number of anilines is 2. The fourth-order valence-corrected chi connectivity index (χ4v) is 2.51. The van der Waals surface area contributed by atoms with Gasteiger partial charge in [-0.2, -0.15) is 0 Å². The summed E-state index contributed by atoms with van der Waals surface area (Å²) >= 11 is 0. The summed E-state index contributed by atoms with van der Waals surface area (Å²) in [6.45, 7) is 6.27. The minimum Gasteiger partial charge on any atom is -0.345 e. The number of nitrogens with one attached hydrogen (secondary N) is 2. The van der Waals surface area contributed by atoms with Crippen LogP contribution in [-0.4, -0.2) is 20.9 Å². The van der Waals surface area contributed by atoms with E-state index in [1.54, 1.807) is 12.3 Å². The molecular weight excluding hydrogens is 326 g/mol. The van der Waals surface area contributed by atoms with Gasteiger partial charge in [-0.05, 0) is 56.2 Å². The number of aromatic nitrogens is 3. The van der Waals surface area contributed by atoms with Crippen molar-refractivity contribution in [3.05, 3.63) is 76.9 Å². The maximum Gasteiger partial charge on any atom is 0.270 e. The number of hydrogen-bond acceptors (Lipinski definition) is 5. The molecule has 6 heteroatoms. The number of nitrogens with zero attached hydrogens (tertiary/aromatic N) is 3. The van der Waals surface area contributed by atoms with Crippen molar-refractivity contribution in [2.24, 2.45) is 0 Å². The third-order valence-electron chi connectivity index (χ3n) is 4.09. The molecule has 3 rings (SSSR count). The molecule has 6 nitrogen and oxygen atoms in total. The molecule has 0 aliphatic heterocycles. The van der Waals surface area contributed by atoms with Crippen LogP contribution in [0.15, 0.2) is 48.7 Å². The number of rotatable bonds is 5. The number of carbonyl (C=O) groups is 1. The third-order valence-corrected chi connectivity index (χ3v) is 4.09. The second-order valence-electron chi connectivity index (χ2n) is 6.09. The Hall–Kier alpha value is -3.28. The molecule has 2 heterocycles. The lowest BCUT2D eigenvalue weighted by Crippen LogP contribution is -2.24. The molecule has 0 aliphatic carbocycles. The SMILES string of the molecule is Cc1cc(C(=O)NCc2ccccn2)nc(Nc2cccc(C)c2C)n1. The second-order valence-corrected chi connectivity index (χ2v) is 6.09. The smallest absolute Gasteiger partial charge is 0.270 e. The van der Waals surface area contributed by atoms with Crippen molar-refractivity contribution in [2.75, 3.05) is 5.32 Å². The quantitative estimate of drug-likeness (QED) is 0.739. The fraction of sp³-hybridized carbons (Fsp3) is 0.200. The van der Waals surface area contributed by atoms with Crippen molar-refractivity contribution >= 4 is 17.5 Å². The van der Waals surface area contributed by atoms with Crippen LogP contribution in [0.2, 0.25) is 0 Å². The Bertz CT molecular complexity index is 925. The molecule has 0 saturated carbocycles. The maximum absolute atomic E-state index is 12.4. The number of pyridine rings is 1. The molecule has 0 radical (unpaired) electrons. The molecule has 3 aromatic rings. The van der Waals surface area contributed by atoms with E-state index in [4.69, 9.17) is 0 Å². The second kappa shape index (κ2) is 7.74. The Morgan fingerprint density at radius 3 is 2.65 bits per heavy atom. The molecule has 0 atom stereocenters. The lowest BCUT2D eigenvalue weighted by molar-refractivity contribution is 0.0945. The minimum absolute atomic E-state index is 0.259. The Labute approximate surface area is 152 Å². The molecule has 0 bridgehead atoms. The average molecular weight is 347 g/mol. The first-order chi connectivity index (χ1) is 12.5. The van der Waals surface area contributed by atoms with Crippen LogP contribution in [0.5, 0.6) is 0 Å². The molecule has 26 heavy (non-hydrogen) atoms. The highest BCUT2D eigenvalue weighted by Gasteiger charge is 2.11. The topological polar surface area (TPSA) is 79.8 Å². The summed E-state index contributed by atoms with van der Waals surface area (Å²) in [4.78, 5) is 25.4. The lowest BCUT2D eigenvalue weighted by atomic mass is 10.1. The van der Waals surface area contributed by atoms with E-state index in [0.717, 1.165) is 22.6 Å². The molecule has 0 saturated heterocycles. The zero-order chi connectivity index (χ0) is 18.5. The van der Waals surface area contributed by atoms with Gasteiger partial charge in [0.1, 0.15) is 5.69 Å². The van der Waals surface area contributed by atoms with Crippen LogP contribution in [0.25, 0.3) is 0 Å². The van der Waals surface area contributed by atoms with Gasteiger partial charge in [0.05, 0.1) is 12.2 Å². The van der Waals surface area contributed by atoms with Gasteiger partial charge in [-0.3, -0.25) is 9.78 Å². The van der Waals surface area contributed by atoms with Crippen molar-refractivity contribution < 1.29 is 4.79 Å².